The Morgan fingerprint density at radius 1 is 1.29 bits per heavy atom. The maximum atomic E-state index is 12.3. The summed E-state index contributed by atoms with van der Waals surface area (Å²) in [6.45, 7) is 4.32. The van der Waals surface area contributed by atoms with E-state index in [0.29, 0.717) is 5.69 Å². The van der Waals surface area contributed by atoms with Crippen LogP contribution in [0.5, 0.6) is 5.75 Å². The van der Waals surface area contributed by atoms with Gasteiger partial charge in [-0.1, -0.05) is 18.2 Å². The van der Waals surface area contributed by atoms with Crippen molar-refractivity contribution in [3.63, 3.8) is 0 Å². The van der Waals surface area contributed by atoms with Gasteiger partial charge in [0.25, 0.3) is 5.91 Å². The summed E-state index contributed by atoms with van der Waals surface area (Å²) in [5.41, 5.74) is 1.51. The molecule has 128 valence electrons. The first-order chi connectivity index (χ1) is 11.6. The zero-order chi connectivity index (χ0) is 16.9. The van der Waals surface area contributed by atoms with Gasteiger partial charge in [-0.05, 0) is 57.6 Å². The third-order valence-corrected chi connectivity index (χ3v) is 4.37. The largest absolute Gasteiger partial charge is 0.471 e. The van der Waals surface area contributed by atoms with Crippen molar-refractivity contribution >= 4 is 5.91 Å². The predicted molar refractivity (Wildman–Crippen MR) is 92.0 cm³/mol. The Morgan fingerprint density at radius 2 is 2.04 bits per heavy atom. The normalized spacial score (nSPS) is 16.1. The number of amides is 1. The van der Waals surface area contributed by atoms with Gasteiger partial charge in [0.05, 0.1) is 0 Å². The van der Waals surface area contributed by atoms with Crippen LogP contribution in [0.25, 0.3) is 0 Å². The van der Waals surface area contributed by atoms with E-state index in [9.17, 15) is 4.79 Å². The van der Waals surface area contributed by atoms with Crippen LogP contribution in [0.1, 0.15) is 28.9 Å². The lowest BCUT2D eigenvalue weighted by Gasteiger charge is -2.29. The first-order valence-electron chi connectivity index (χ1n) is 8.33. The lowest BCUT2D eigenvalue weighted by Crippen LogP contribution is -2.43. The number of para-hydroxylation sites is 1. The lowest BCUT2D eigenvalue weighted by atomic mass is 10.1. The molecule has 3 rings (SSSR count). The maximum Gasteiger partial charge on any atom is 0.271 e. The summed E-state index contributed by atoms with van der Waals surface area (Å²) in [7, 11) is 2.11. The van der Waals surface area contributed by atoms with Crippen LogP contribution in [-0.2, 0) is 6.73 Å². The number of hydrogen-bond donors (Lipinski definition) is 1. The molecule has 1 aromatic carbocycles. The Bertz CT molecular complexity index is 690. The first kappa shape index (κ1) is 16.5. The van der Waals surface area contributed by atoms with Crippen LogP contribution in [0.2, 0.25) is 0 Å². The van der Waals surface area contributed by atoms with Gasteiger partial charge in [0.1, 0.15) is 11.4 Å². The molecule has 6 heteroatoms. The zero-order valence-corrected chi connectivity index (χ0v) is 14.2. The summed E-state index contributed by atoms with van der Waals surface area (Å²) in [5.74, 6) is 0.713. The van der Waals surface area contributed by atoms with E-state index in [2.05, 4.69) is 22.4 Å². The highest BCUT2D eigenvalue weighted by molar-refractivity contribution is 5.92. The number of rotatable bonds is 5. The second kappa shape index (κ2) is 7.49. The molecule has 0 unspecified atom stereocenters. The van der Waals surface area contributed by atoms with E-state index < -0.39 is 0 Å². The number of likely N-dealkylation sites (tertiary alicyclic amines) is 1. The van der Waals surface area contributed by atoms with E-state index in [4.69, 9.17) is 4.74 Å². The Kier molecular flexibility index (Phi) is 5.15. The molecule has 1 fully saturated rings. The molecule has 0 aliphatic carbocycles. The quantitative estimate of drug-likeness (QED) is 0.913. The standard InChI is InChI=1S/C18H24N4O2/c1-14-5-3-4-6-17(14)24-13-22-12-9-16(20-22)18(23)19-15-7-10-21(2)11-8-15/h3-6,9,12,15H,7-8,10-11,13H2,1-2H3,(H,19,23). The van der Waals surface area contributed by atoms with Gasteiger partial charge in [-0.15, -0.1) is 0 Å². The monoisotopic (exact) mass is 328 g/mol. The number of nitrogens with zero attached hydrogens (tertiary/aromatic N) is 3. The molecule has 1 aliphatic heterocycles. The van der Waals surface area contributed by atoms with Crippen molar-refractivity contribution in [1.29, 1.82) is 0 Å². The van der Waals surface area contributed by atoms with E-state index in [-0.39, 0.29) is 18.7 Å². The van der Waals surface area contributed by atoms with Gasteiger partial charge in [0.15, 0.2) is 6.73 Å². The molecule has 2 aromatic rings. The van der Waals surface area contributed by atoms with Crippen molar-refractivity contribution in [2.45, 2.75) is 32.5 Å². The van der Waals surface area contributed by atoms with Crippen molar-refractivity contribution < 1.29 is 9.53 Å². The van der Waals surface area contributed by atoms with Crippen LogP contribution >= 0.6 is 0 Å². The van der Waals surface area contributed by atoms with Crippen molar-refractivity contribution in [1.82, 2.24) is 20.0 Å². The average molecular weight is 328 g/mol. The minimum atomic E-state index is -0.112. The summed E-state index contributed by atoms with van der Waals surface area (Å²) in [5, 5.41) is 7.37. The molecule has 0 spiro atoms. The van der Waals surface area contributed by atoms with Gasteiger partial charge in [-0.25, -0.2) is 4.68 Å². The Balaban J connectivity index is 1.53. The van der Waals surface area contributed by atoms with E-state index in [1.807, 2.05) is 31.2 Å². The minimum absolute atomic E-state index is 0.112. The molecule has 1 N–H and O–H groups in total. The topological polar surface area (TPSA) is 59.4 Å². The third-order valence-electron chi connectivity index (χ3n) is 4.37. The first-order valence-corrected chi connectivity index (χ1v) is 8.33. The zero-order valence-electron chi connectivity index (χ0n) is 14.2. The Hall–Kier alpha value is -2.34. The fourth-order valence-electron chi connectivity index (χ4n) is 2.82. The van der Waals surface area contributed by atoms with Crippen LogP contribution in [-0.4, -0.2) is 46.8 Å². The number of aryl methyl sites for hydroxylation is 1. The molecule has 1 amide bonds. The number of nitrogens with one attached hydrogen (secondary N) is 1. The highest BCUT2D eigenvalue weighted by Gasteiger charge is 2.20. The molecule has 1 saturated heterocycles. The molecule has 2 heterocycles. The van der Waals surface area contributed by atoms with Gasteiger partial charge in [0.2, 0.25) is 0 Å². The molecule has 6 nitrogen and oxygen atoms in total. The van der Waals surface area contributed by atoms with Gasteiger partial charge < -0.3 is 15.0 Å². The van der Waals surface area contributed by atoms with E-state index >= 15 is 0 Å². The molecule has 0 bridgehead atoms. The second-order valence-corrected chi connectivity index (χ2v) is 6.33. The molecule has 0 saturated carbocycles. The number of hydrogen-bond acceptors (Lipinski definition) is 4. The summed E-state index contributed by atoms with van der Waals surface area (Å²) < 4.78 is 7.38. The number of carbonyl (C=O) groups excluding carboxylic acids is 1. The van der Waals surface area contributed by atoms with Gasteiger partial charge in [-0.3, -0.25) is 4.79 Å². The Labute approximate surface area is 142 Å². The van der Waals surface area contributed by atoms with Crippen molar-refractivity contribution in [2.24, 2.45) is 0 Å². The fraction of sp³-hybridized carbons (Fsp3) is 0.444. The second-order valence-electron chi connectivity index (χ2n) is 6.33. The maximum absolute atomic E-state index is 12.3. The predicted octanol–water partition coefficient (Wildman–Crippen LogP) is 2.05. The summed E-state index contributed by atoms with van der Waals surface area (Å²) in [6, 6.07) is 9.80. The van der Waals surface area contributed by atoms with E-state index in [1.165, 1.54) is 0 Å². The minimum Gasteiger partial charge on any atom is -0.471 e. The van der Waals surface area contributed by atoms with E-state index in [0.717, 1.165) is 37.2 Å². The number of piperidine rings is 1. The number of aromatic nitrogens is 2. The molecule has 0 radical (unpaired) electrons. The van der Waals surface area contributed by atoms with Gasteiger partial charge >= 0.3 is 0 Å². The summed E-state index contributed by atoms with van der Waals surface area (Å²) >= 11 is 0. The number of ether oxygens (including phenoxy) is 1. The lowest BCUT2D eigenvalue weighted by molar-refractivity contribution is 0.0909. The van der Waals surface area contributed by atoms with Crippen LogP contribution in [0.4, 0.5) is 0 Å². The molecular formula is C18H24N4O2. The van der Waals surface area contributed by atoms with Crippen molar-refractivity contribution in [3.8, 4) is 5.75 Å². The van der Waals surface area contributed by atoms with Crippen molar-refractivity contribution in [3.05, 3.63) is 47.8 Å². The molecule has 0 atom stereocenters. The average Bonchev–Trinajstić information content (AvgIpc) is 3.05. The summed E-state index contributed by atoms with van der Waals surface area (Å²) in [6.07, 6.45) is 3.74. The van der Waals surface area contributed by atoms with Crippen LogP contribution < -0.4 is 10.1 Å². The highest BCUT2D eigenvalue weighted by Crippen LogP contribution is 2.16. The van der Waals surface area contributed by atoms with Crippen LogP contribution in [0.3, 0.4) is 0 Å². The number of carbonyl (C=O) groups is 1. The van der Waals surface area contributed by atoms with Gasteiger partial charge in [0, 0.05) is 12.2 Å². The fourth-order valence-corrected chi connectivity index (χ4v) is 2.82. The molecule has 1 aromatic heterocycles. The smallest absolute Gasteiger partial charge is 0.271 e. The number of benzene rings is 1. The Morgan fingerprint density at radius 3 is 2.79 bits per heavy atom. The highest BCUT2D eigenvalue weighted by atomic mass is 16.5. The van der Waals surface area contributed by atoms with E-state index in [1.54, 1.807) is 16.9 Å². The van der Waals surface area contributed by atoms with Crippen LogP contribution in [0, 0.1) is 6.92 Å². The summed E-state index contributed by atoms with van der Waals surface area (Å²) in [4.78, 5) is 14.6. The van der Waals surface area contributed by atoms with Crippen LogP contribution in [0.15, 0.2) is 36.5 Å². The molecule has 24 heavy (non-hydrogen) atoms. The van der Waals surface area contributed by atoms with Gasteiger partial charge in [-0.2, -0.15) is 5.10 Å². The van der Waals surface area contributed by atoms with Crippen molar-refractivity contribution in [2.75, 3.05) is 20.1 Å². The SMILES string of the molecule is Cc1ccccc1OCn1ccc(C(=O)NC2CCN(C)CC2)n1. The molecule has 1 aliphatic rings. The molecular weight excluding hydrogens is 304 g/mol. The third kappa shape index (κ3) is 4.14.